The molecule has 1 aromatic heterocycles. The maximum atomic E-state index is 11.9. The van der Waals surface area contributed by atoms with Gasteiger partial charge in [-0.3, -0.25) is 4.98 Å². The monoisotopic (exact) mass is 263 g/mol. The van der Waals surface area contributed by atoms with Gasteiger partial charge in [-0.1, -0.05) is 6.07 Å². The molecule has 1 aromatic rings. The second-order valence-corrected chi connectivity index (χ2v) is 4.53. The van der Waals surface area contributed by atoms with Crippen LogP contribution in [0.25, 0.3) is 0 Å². The summed E-state index contributed by atoms with van der Waals surface area (Å²) in [6.45, 7) is 0.989. The number of hydrogen-bond acceptors (Lipinski definition) is 3. The molecule has 1 aliphatic rings. The van der Waals surface area contributed by atoms with Crippen LogP contribution >= 0.6 is 0 Å². The first kappa shape index (κ1) is 13.3. The van der Waals surface area contributed by atoms with Gasteiger partial charge < -0.3 is 15.3 Å². The van der Waals surface area contributed by atoms with Crippen LogP contribution in [0.2, 0.25) is 0 Å². The molecule has 1 aliphatic heterocycles. The second-order valence-electron chi connectivity index (χ2n) is 4.53. The fourth-order valence-electron chi connectivity index (χ4n) is 2.23. The van der Waals surface area contributed by atoms with E-state index in [4.69, 9.17) is 5.11 Å². The number of likely N-dealkylation sites (tertiary alicyclic amines) is 1. The first-order valence-electron chi connectivity index (χ1n) is 6.34. The van der Waals surface area contributed by atoms with Gasteiger partial charge in [0.25, 0.3) is 0 Å². The minimum atomic E-state index is -0.931. The number of carboxylic acids is 1. The van der Waals surface area contributed by atoms with Crippen molar-refractivity contribution in [3.05, 3.63) is 30.1 Å². The van der Waals surface area contributed by atoms with Gasteiger partial charge in [0.2, 0.25) is 0 Å². The van der Waals surface area contributed by atoms with Crippen molar-refractivity contribution >= 4 is 12.0 Å². The highest BCUT2D eigenvalue weighted by atomic mass is 16.4. The summed E-state index contributed by atoms with van der Waals surface area (Å²) in [6.07, 6.45) is 5.41. The Hall–Kier alpha value is -2.11. The second kappa shape index (κ2) is 6.17. The molecule has 19 heavy (non-hydrogen) atoms. The van der Waals surface area contributed by atoms with Crippen LogP contribution in [0.4, 0.5) is 4.79 Å². The summed E-state index contributed by atoms with van der Waals surface area (Å²) < 4.78 is 0. The van der Waals surface area contributed by atoms with E-state index in [-0.39, 0.29) is 6.03 Å². The van der Waals surface area contributed by atoms with Crippen molar-refractivity contribution in [2.45, 2.75) is 25.3 Å². The minimum absolute atomic E-state index is 0.297. The Balaban J connectivity index is 1.80. The summed E-state index contributed by atoms with van der Waals surface area (Å²) in [5.41, 5.74) is 1.04. The van der Waals surface area contributed by atoms with Gasteiger partial charge in [-0.25, -0.2) is 9.59 Å². The maximum absolute atomic E-state index is 11.9. The third kappa shape index (κ3) is 3.43. The predicted octanol–water partition coefficient (Wildman–Crippen LogP) is 0.883. The summed E-state index contributed by atoms with van der Waals surface area (Å²) in [4.78, 5) is 28.3. The average molecular weight is 263 g/mol. The molecule has 1 saturated heterocycles. The molecule has 6 nitrogen and oxygen atoms in total. The van der Waals surface area contributed by atoms with E-state index in [0.29, 0.717) is 25.9 Å². The minimum Gasteiger partial charge on any atom is -0.480 e. The average Bonchev–Trinajstić information content (AvgIpc) is 2.89. The Labute approximate surface area is 111 Å². The van der Waals surface area contributed by atoms with Crippen molar-refractivity contribution in [1.82, 2.24) is 15.2 Å². The number of aliphatic carboxylic acids is 1. The molecule has 6 heteroatoms. The van der Waals surface area contributed by atoms with Gasteiger partial charge >= 0.3 is 12.0 Å². The van der Waals surface area contributed by atoms with Crippen molar-refractivity contribution in [2.24, 2.45) is 0 Å². The standard InChI is InChI=1S/C13H17N3O3/c17-12(18)11-4-2-8-16(11)13(19)15-7-5-10-3-1-6-14-9-10/h1,3,6,9,11H,2,4-5,7-8H2,(H,15,19)(H,17,18)/t11-/m0/s1. The lowest BCUT2D eigenvalue weighted by molar-refractivity contribution is -0.141. The topological polar surface area (TPSA) is 82.5 Å². The van der Waals surface area contributed by atoms with E-state index in [0.717, 1.165) is 12.0 Å². The molecule has 2 amide bonds. The first-order chi connectivity index (χ1) is 9.18. The van der Waals surface area contributed by atoms with Gasteiger partial charge in [-0.05, 0) is 30.9 Å². The smallest absolute Gasteiger partial charge is 0.326 e. The Morgan fingerprint density at radius 3 is 3.05 bits per heavy atom. The predicted molar refractivity (Wildman–Crippen MR) is 68.7 cm³/mol. The van der Waals surface area contributed by atoms with E-state index < -0.39 is 12.0 Å². The highest BCUT2D eigenvalue weighted by molar-refractivity contribution is 5.83. The zero-order chi connectivity index (χ0) is 13.7. The van der Waals surface area contributed by atoms with E-state index in [1.165, 1.54) is 4.90 Å². The van der Waals surface area contributed by atoms with Crippen molar-refractivity contribution in [3.63, 3.8) is 0 Å². The third-order valence-electron chi connectivity index (χ3n) is 3.21. The van der Waals surface area contributed by atoms with Crippen LogP contribution in [-0.4, -0.2) is 46.1 Å². The summed E-state index contributed by atoms with van der Waals surface area (Å²) in [5.74, 6) is -0.931. The highest BCUT2D eigenvalue weighted by Gasteiger charge is 2.33. The number of carbonyl (C=O) groups is 2. The molecule has 0 aromatic carbocycles. The van der Waals surface area contributed by atoms with Crippen molar-refractivity contribution in [1.29, 1.82) is 0 Å². The third-order valence-corrected chi connectivity index (χ3v) is 3.21. The summed E-state index contributed by atoms with van der Waals surface area (Å²) in [7, 11) is 0. The van der Waals surface area contributed by atoms with Crippen LogP contribution in [0.3, 0.4) is 0 Å². The first-order valence-corrected chi connectivity index (χ1v) is 6.34. The van der Waals surface area contributed by atoms with Crippen LogP contribution in [0.1, 0.15) is 18.4 Å². The van der Waals surface area contributed by atoms with Crippen LogP contribution in [0.5, 0.6) is 0 Å². The number of carboxylic acid groups (broad SMARTS) is 1. The molecule has 0 spiro atoms. The van der Waals surface area contributed by atoms with Gasteiger partial charge in [0.1, 0.15) is 6.04 Å². The Morgan fingerprint density at radius 2 is 2.37 bits per heavy atom. The molecular weight excluding hydrogens is 246 g/mol. The number of aromatic nitrogens is 1. The summed E-state index contributed by atoms with van der Waals surface area (Å²) >= 11 is 0. The van der Waals surface area contributed by atoms with E-state index >= 15 is 0 Å². The largest absolute Gasteiger partial charge is 0.480 e. The fourth-order valence-corrected chi connectivity index (χ4v) is 2.23. The highest BCUT2D eigenvalue weighted by Crippen LogP contribution is 2.17. The molecular formula is C13H17N3O3. The van der Waals surface area contributed by atoms with Gasteiger partial charge in [-0.2, -0.15) is 0 Å². The lowest BCUT2D eigenvalue weighted by atomic mass is 10.2. The van der Waals surface area contributed by atoms with Crippen LogP contribution in [0, 0.1) is 0 Å². The van der Waals surface area contributed by atoms with E-state index in [1.54, 1.807) is 12.4 Å². The van der Waals surface area contributed by atoms with Gasteiger partial charge in [0, 0.05) is 25.5 Å². The summed E-state index contributed by atoms with van der Waals surface area (Å²) in [6, 6.07) is 2.81. The molecule has 0 aliphatic carbocycles. The maximum Gasteiger partial charge on any atom is 0.326 e. The van der Waals surface area contributed by atoms with E-state index in [9.17, 15) is 9.59 Å². The lowest BCUT2D eigenvalue weighted by Gasteiger charge is -2.21. The van der Waals surface area contributed by atoms with E-state index in [2.05, 4.69) is 10.3 Å². The van der Waals surface area contributed by atoms with Crippen molar-refractivity contribution < 1.29 is 14.7 Å². The normalized spacial score (nSPS) is 18.3. The number of amides is 2. The van der Waals surface area contributed by atoms with Crippen LogP contribution < -0.4 is 5.32 Å². The molecule has 2 heterocycles. The quantitative estimate of drug-likeness (QED) is 0.845. The van der Waals surface area contributed by atoms with Gasteiger partial charge in [0.15, 0.2) is 0 Å². The molecule has 0 radical (unpaired) electrons. The summed E-state index contributed by atoms with van der Waals surface area (Å²) in [5, 5.41) is 11.8. The number of hydrogen-bond donors (Lipinski definition) is 2. The molecule has 102 valence electrons. The number of rotatable bonds is 4. The molecule has 2 N–H and O–H groups in total. The molecule has 1 atom stereocenters. The lowest BCUT2D eigenvalue weighted by Crippen LogP contribution is -2.46. The SMILES string of the molecule is O=C(O)[C@@H]1CCCN1C(=O)NCCc1cccnc1. The molecule has 0 unspecified atom stereocenters. The molecule has 1 fully saturated rings. The molecule has 0 bridgehead atoms. The number of pyridine rings is 1. The van der Waals surface area contributed by atoms with Crippen LogP contribution in [-0.2, 0) is 11.2 Å². The number of nitrogens with zero attached hydrogens (tertiary/aromatic N) is 2. The molecule has 0 saturated carbocycles. The fraction of sp³-hybridized carbons (Fsp3) is 0.462. The Bertz CT molecular complexity index is 450. The van der Waals surface area contributed by atoms with Gasteiger partial charge in [0.05, 0.1) is 0 Å². The zero-order valence-corrected chi connectivity index (χ0v) is 10.6. The number of nitrogens with one attached hydrogen (secondary N) is 1. The molecule has 2 rings (SSSR count). The van der Waals surface area contributed by atoms with Crippen molar-refractivity contribution in [3.8, 4) is 0 Å². The number of urea groups is 1. The van der Waals surface area contributed by atoms with Gasteiger partial charge in [-0.15, -0.1) is 0 Å². The zero-order valence-electron chi connectivity index (χ0n) is 10.6. The van der Waals surface area contributed by atoms with Crippen molar-refractivity contribution in [2.75, 3.05) is 13.1 Å². The Kier molecular flexibility index (Phi) is 4.33. The van der Waals surface area contributed by atoms with E-state index in [1.807, 2.05) is 12.1 Å². The van der Waals surface area contributed by atoms with Crippen LogP contribution in [0.15, 0.2) is 24.5 Å². The Morgan fingerprint density at radius 1 is 1.53 bits per heavy atom. The number of carbonyl (C=O) groups excluding carboxylic acids is 1.